The van der Waals surface area contributed by atoms with Crippen molar-refractivity contribution in [2.75, 3.05) is 14.1 Å². The third-order valence-corrected chi connectivity index (χ3v) is 2.16. The molecule has 0 saturated carbocycles. The zero-order chi connectivity index (χ0) is 10.1. The van der Waals surface area contributed by atoms with Crippen LogP contribution in [0, 0.1) is 6.92 Å². The molecule has 0 heterocycles. The molecule has 1 rings (SSSR count). The fourth-order valence-corrected chi connectivity index (χ4v) is 1.10. The van der Waals surface area contributed by atoms with E-state index in [0.717, 1.165) is 5.56 Å². The van der Waals surface area contributed by atoms with Crippen molar-refractivity contribution in [2.24, 2.45) is 0 Å². The number of alkyl halides is 2. The summed E-state index contributed by atoms with van der Waals surface area (Å²) in [6, 6.07) is 7.20. The van der Waals surface area contributed by atoms with Gasteiger partial charge >= 0.3 is 6.55 Å². The van der Waals surface area contributed by atoms with Gasteiger partial charge in [-0.25, -0.2) is 4.48 Å². The van der Waals surface area contributed by atoms with Gasteiger partial charge in [0.1, 0.15) is 5.69 Å². The highest BCUT2D eigenvalue weighted by molar-refractivity contribution is 5.44. The number of halogens is 2. The van der Waals surface area contributed by atoms with Crippen LogP contribution in [0.25, 0.3) is 0 Å². The summed E-state index contributed by atoms with van der Waals surface area (Å²) in [4.78, 5) is 0. The Morgan fingerprint density at radius 1 is 1.23 bits per heavy atom. The average Bonchev–Trinajstić information content (AvgIpc) is 2.04. The monoisotopic (exact) mass is 186 g/mol. The van der Waals surface area contributed by atoms with Crippen LogP contribution in [0.2, 0.25) is 0 Å². The summed E-state index contributed by atoms with van der Waals surface area (Å²) in [5, 5.41) is 0. The topological polar surface area (TPSA) is 0 Å². The highest BCUT2D eigenvalue weighted by atomic mass is 19.3. The van der Waals surface area contributed by atoms with Gasteiger partial charge in [-0.3, -0.25) is 0 Å². The van der Waals surface area contributed by atoms with Crippen molar-refractivity contribution in [1.82, 2.24) is 4.48 Å². The van der Waals surface area contributed by atoms with Crippen LogP contribution in [0.5, 0.6) is 0 Å². The first-order valence-corrected chi connectivity index (χ1v) is 4.13. The van der Waals surface area contributed by atoms with Gasteiger partial charge in [0.25, 0.3) is 0 Å². The summed E-state index contributed by atoms with van der Waals surface area (Å²) in [5.74, 6) is 0. The Bertz CT molecular complexity index is 295. The molecular weight excluding hydrogens is 172 g/mol. The fourth-order valence-electron chi connectivity index (χ4n) is 1.10. The van der Waals surface area contributed by atoms with E-state index < -0.39 is 6.55 Å². The van der Waals surface area contributed by atoms with E-state index in [4.69, 9.17) is 0 Å². The Kier molecular flexibility index (Phi) is 2.66. The molecule has 3 heteroatoms. The molecule has 0 aliphatic heterocycles. The van der Waals surface area contributed by atoms with Crippen LogP contribution in [0.1, 0.15) is 5.56 Å². The standard InChI is InChI=1S/C10H14F2N/c1-8-5-4-6-9(7-8)13(2,3)10(11)12/h4-7,10H,1-3H3/q+1. The molecule has 0 aliphatic carbocycles. The SMILES string of the molecule is Cc1cccc([N+](C)(C)C(F)F)c1. The molecule has 0 bridgehead atoms. The summed E-state index contributed by atoms with van der Waals surface area (Å²) in [5.41, 5.74) is 1.64. The minimum absolute atomic E-state index is 0.387. The third kappa shape index (κ3) is 2.04. The molecule has 1 aromatic carbocycles. The quantitative estimate of drug-likeness (QED) is 0.492. The molecular formula is C10H14F2N+. The first kappa shape index (κ1) is 10.1. The predicted octanol–water partition coefficient (Wildman–Crippen LogP) is 2.78. The molecule has 13 heavy (non-hydrogen) atoms. The number of benzene rings is 1. The molecule has 0 radical (unpaired) electrons. The Morgan fingerprint density at radius 2 is 1.85 bits per heavy atom. The fraction of sp³-hybridized carbons (Fsp3) is 0.400. The number of aryl methyl sites for hydroxylation is 1. The van der Waals surface area contributed by atoms with Crippen LogP contribution in [-0.2, 0) is 0 Å². The molecule has 0 aliphatic rings. The lowest BCUT2D eigenvalue weighted by Gasteiger charge is -2.27. The lowest BCUT2D eigenvalue weighted by molar-refractivity contribution is 0.0127. The molecule has 0 amide bonds. The Labute approximate surface area is 77.2 Å². The van der Waals surface area contributed by atoms with E-state index in [1.165, 1.54) is 14.1 Å². The second-order valence-electron chi connectivity index (χ2n) is 3.66. The van der Waals surface area contributed by atoms with Gasteiger partial charge in [-0.15, -0.1) is 0 Å². The summed E-state index contributed by atoms with van der Waals surface area (Å²) in [6.07, 6.45) is 0. The maximum Gasteiger partial charge on any atom is 0.385 e. The summed E-state index contributed by atoms with van der Waals surface area (Å²) >= 11 is 0. The molecule has 0 N–H and O–H groups in total. The van der Waals surface area contributed by atoms with Gasteiger partial charge in [0, 0.05) is 6.07 Å². The number of quaternary nitrogens is 1. The van der Waals surface area contributed by atoms with Crippen LogP contribution >= 0.6 is 0 Å². The zero-order valence-electron chi connectivity index (χ0n) is 8.09. The van der Waals surface area contributed by atoms with E-state index in [1.54, 1.807) is 18.2 Å². The maximum atomic E-state index is 12.6. The molecule has 1 aromatic rings. The van der Waals surface area contributed by atoms with Gasteiger partial charge in [0.05, 0.1) is 14.1 Å². The minimum Gasteiger partial charge on any atom is -0.238 e. The van der Waals surface area contributed by atoms with Crippen LogP contribution in [0.4, 0.5) is 14.5 Å². The Hall–Kier alpha value is -0.960. The predicted molar refractivity (Wildman–Crippen MR) is 50.8 cm³/mol. The van der Waals surface area contributed by atoms with E-state index >= 15 is 0 Å². The molecule has 0 atom stereocenters. The maximum absolute atomic E-state index is 12.6. The number of rotatable bonds is 2. The summed E-state index contributed by atoms with van der Waals surface area (Å²) in [6.45, 7) is -0.489. The van der Waals surface area contributed by atoms with Gasteiger partial charge in [-0.05, 0) is 18.6 Å². The van der Waals surface area contributed by atoms with Gasteiger partial charge < -0.3 is 0 Å². The van der Waals surface area contributed by atoms with Crippen molar-refractivity contribution < 1.29 is 8.78 Å². The molecule has 0 fully saturated rings. The van der Waals surface area contributed by atoms with Crippen molar-refractivity contribution in [3.8, 4) is 0 Å². The van der Waals surface area contributed by atoms with Crippen molar-refractivity contribution in [1.29, 1.82) is 0 Å². The van der Waals surface area contributed by atoms with Crippen LogP contribution in [-0.4, -0.2) is 20.6 Å². The Morgan fingerprint density at radius 3 is 2.31 bits per heavy atom. The third-order valence-electron chi connectivity index (χ3n) is 2.16. The van der Waals surface area contributed by atoms with Crippen molar-refractivity contribution >= 4 is 5.69 Å². The molecule has 1 nitrogen and oxygen atoms in total. The number of hydrogen-bond donors (Lipinski definition) is 0. The molecule has 0 aromatic heterocycles. The van der Waals surface area contributed by atoms with E-state index in [1.807, 2.05) is 13.0 Å². The minimum atomic E-state index is -2.39. The zero-order valence-corrected chi connectivity index (χ0v) is 8.09. The van der Waals surface area contributed by atoms with E-state index in [9.17, 15) is 8.78 Å². The van der Waals surface area contributed by atoms with Crippen LogP contribution in [0.3, 0.4) is 0 Å². The summed E-state index contributed by atoms with van der Waals surface area (Å²) in [7, 11) is 3.00. The van der Waals surface area contributed by atoms with E-state index in [-0.39, 0.29) is 4.48 Å². The first-order valence-electron chi connectivity index (χ1n) is 4.13. The van der Waals surface area contributed by atoms with Crippen molar-refractivity contribution in [3.63, 3.8) is 0 Å². The highest BCUT2D eigenvalue weighted by Gasteiger charge is 2.29. The normalized spacial score (nSPS) is 12.2. The van der Waals surface area contributed by atoms with Gasteiger partial charge in [-0.1, -0.05) is 12.1 Å². The molecule has 72 valence electrons. The number of nitrogens with zero attached hydrogens (tertiary/aromatic N) is 1. The molecule has 0 spiro atoms. The highest BCUT2D eigenvalue weighted by Crippen LogP contribution is 2.24. The number of hydrogen-bond acceptors (Lipinski definition) is 0. The lowest BCUT2D eigenvalue weighted by atomic mass is 10.2. The van der Waals surface area contributed by atoms with Gasteiger partial charge in [0.2, 0.25) is 0 Å². The average molecular weight is 186 g/mol. The molecule has 0 unspecified atom stereocenters. The van der Waals surface area contributed by atoms with Crippen molar-refractivity contribution in [2.45, 2.75) is 13.5 Å². The van der Waals surface area contributed by atoms with Crippen LogP contribution < -0.4 is 4.48 Å². The summed E-state index contributed by atoms with van der Waals surface area (Å²) < 4.78 is 24.8. The molecule has 0 saturated heterocycles. The largest absolute Gasteiger partial charge is 0.385 e. The Balaban J connectivity index is 3.07. The van der Waals surface area contributed by atoms with Crippen molar-refractivity contribution in [3.05, 3.63) is 29.8 Å². The van der Waals surface area contributed by atoms with Crippen LogP contribution in [0.15, 0.2) is 24.3 Å². The second kappa shape index (κ2) is 3.42. The van der Waals surface area contributed by atoms with Gasteiger partial charge in [0.15, 0.2) is 0 Å². The lowest BCUT2D eigenvalue weighted by Crippen LogP contribution is -2.45. The van der Waals surface area contributed by atoms with E-state index in [0.29, 0.717) is 5.69 Å². The van der Waals surface area contributed by atoms with E-state index in [2.05, 4.69) is 0 Å². The van der Waals surface area contributed by atoms with Gasteiger partial charge in [-0.2, -0.15) is 8.78 Å². The smallest absolute Gasteiger partial charge is 0.238 e. The first-order chi connectivity index (χ1) is 5.94. The second-order valence-corrected chi connectivity index (χ2v) is 3.66.